The molecule has 2 amide bonds. The van der Waals surface area contributed by atoms with Gasteiger partial charge < -0.3 is 15.1 Å². The molecule has 0 bridgehead atoms. The molecule has 114 valence electrons. The maximum absolute atomic E-state index is 12.6. The molecule has 2 aliphatic heterocycles. The molecule has 1 atom stereocenters. The summed E-state index contributed by atoms with van der Waals surface area (Å²) in [5.74, 6) is 0.537. The van der Waals surface area contributed by atoms with Gasteiger partial charge in [-0.15, -0.1) is 5.10 Å². The molecular formula is C13H20N6O2. The van der Waals surface area contributed by atoms with Crippen molar-refractivity contribution in [2.24, 2.45) is 0 Å². The molecule has 0 aliphatic carbocycles. The molecule has 0 radical (unpaired) electrons. The SMILES string of the molecule is Cc1nc(C(=O)N2CCCC2C(=O)N2CCNCC2)n[nH]1. The zero-order valence-electron chi connectivity index (χ0n) is 12.1. The summed E-state index contributed by atoms with van der Waals surface area (Å²) in [6, 6.07) is -0.366. The summed E-state index contributed by atoms with van der Waals surface area (Å²) in [6.07, 6.45) is 1.57. The van der Waals surface area contributed by atoms with Gasteiger partial charge in [-0.25, -0.2) is 4.98 Å². The van der Waals surface area contributed by atoms with Crippen LogP contribution in [0.2, 0.25) is 0 Å². The van der Waals surface area contributed by atoms with Gasteiger partial charge in [0.05, 0.1) is 0 Å². The first-order valence-electron chi connectivity index (χ1n) is 7.36. The molecule has 0 saturated carbocycles. The number of aromatic amines is 1. The Bertz CT molecular complexity index is 537. The van der Waals surface area contributed by atoms with Crippen LogP contribution in [-0.2, 0) is 4.79 Å². The van der Waals surface area contributed by atoms with Crippen LogP contribution in [0.5, 0.6) is 0 Å². The topological polar surface area (TPSA) is 94.2 Å². The number of H-pyrrole nitrogens is 1. The molecule has 8 nitrogen and oxygen atoms in total. The van der Waals surface area contributed by atoms with E-state index in [9.17, 15) is 9.59 Å². The number of aromatic nitrogens is 3. The molecule has 2 saturated heterocycles. The summed E-state index contributed by atoms with van der Waals surface area (Å²) in [5, 5.41) is 9.80. The third kappa shape index (κ3) is 2.76. The molecule has 1 unspecified atom stereocenters. The number of nitrogens with zero attached hydrogens (tertiary/aromatic N) is 4. The van der Waals surface area contributed by atoms with Crippen molar-refractivity contribution in [1.82, 2.24) is 30.3 Å². The lowest BCUT2D eigenvalue weighted by molar-refractivity contribution is -0.135. The number of carbonyl (C=O) groups excluding carboxylic acids is 2. The highest BCUT2D eigenvalue weighted by Gasteiger charge is 2.38. The van der Waals surface area contributed by atoms with E-state index in [1.165, 1.54) is 0 Å². The lowest BCUT2D eigenvalue weighted by atomic mass is 10.1. The minimum Gasteiger partial charge on any atom is -0.338 e. The third-order valence-electron chi connectivity index (χ3n) is 4.02. The number of likely N-dealkylation sites (tertiary alicyclic amines) is 1. The summed E-state index contributed by atoms with van der Waals surface area (Å²) in [7, 11) is 0. The Morgan fingerprint density at radius 2 is 2.00 bits per heavy atom. The lowest BCUT2D eigenvalue weighted by Crippen LogP contribution is -2.53. The fourth-order valence-electron chi connectivity index (χ4n) is 2.93. The number of hydrogen-bond donors (Lipinski definition) is 2. The highest BCUT2D eigenvalue weighted by molar-refractivity contribution is 5.95. The Balaban J connectivity index is 1.72. The molecule has 1 aromatic heterocycles. The van der Waals surface area contributed by atoms with Crippen molar-refractivity contribution in [2.75, 3.05) is 32.7 Å². The Hall–Kier alpha value is -1.96. The number of piperazine rings is 1. The van der Waals surface area contributed by atoms with Crippen LogP contribution >= 0.6 is 0 Å². The van der Waals surface area contributed by atoms with Crippen molar-refractivity contribution in [3.8, 4) is 0 Å². The zero-order chi connectivity index (χ0) is 14.8. The van der Waals surface area contributed by atoms with E-state index in [4.69, 9.17) is 0 Å². The summed E-state index contributed by atoms with van der Waals surface area (Å²) >= 11 is 0. The zero-order valence-corrected chi connectivity index (χ0v) is 12.1. The third-order valence-corrected chi connectivity index (χ3v) is 4.02. The van der Waals surface area contributed by atoms with E-state index in [2.05, 4.69) is 20.5 Å². The van der Waals surface area contributed by atoms with E-state index in [0.29, 0.717) is 25.5 Å². The van der Waals surface area contributed by atoms with Crippen molar-refractivity contribution in [2.45, 2.75) is 25.8 Å². The van der Waals surface area contributed by atoms with Crippen LogP contribution < -0.4 is 5.32 Å². The molecule has 2 fully saturated rings. The molecule has 3 rings (SSSR count). The molecule has 0 aromatic carbocycles. The molecule has 21 heavy (non-hydrogen) atoms. The van der Waals surface area contributed by atoms with Gasteiger partial charge in [0.15, 0.2) is 0 Å². The molecular weight excluding hydrogens is 272 g/mol. The predicted octanol–water partition coefficient (Wildman–Crippen LogP) is -0.850. The highest BCUT2D eigenvalue weighted by Crippen LogP contribution is 2.21. The molecule has 0 spiro atoms. The van der Waals surface area contributed by atoms with Gasteiger partial charge in [0, 0.05) is 32.7 Å². The first-order chi connectivity index (χ1) is 10.2. The van der Waals surface area contributed by atoms with E-state index in [1.807, 2.05) is 4.90 Å². The van der Waals surface area contributed by atoms with Crippen LogP contribution in [0.3, 0.4) is 0 Å². The van der Waals surface area contributed by atoms with Gasteiger partial charge in [0.25, 0.3) is 5.91 Å². The second kappa shape index (κ2) is 5.80. The normalized spacial score (nSPS) is 22.6. The number of hydrogen-bond acceptors (Lipinski definition) is 5. The van der Waals surface area contributed by atoms with Crippen molar-refractivity contribution in [1.29, 1.82) is 0 Å². The molecule has 2 aliphatic rings. The fraction of sp³-hybridized carbons (Fsp3) is 0.692. The minimum atomic E-state index is -0.366. The van der Waals surface area contributed by atoms with Crippen LogP contribution in [-0.4, -0.2) is 75.6 Å². The molecule has 8 heteroatoms. The van der Waals surface area contributed by atoms with Crippen LogP contribution in [0, 0.1) is 6.92 Å². The Morgan fingerprint density at radius 3 is 2.67 bits per heavy atom. The number of nitrogens with one attached hydrogen (secondary N) is 2. The van der Waals surface area contributed by atoms with Crippen LogP contribution in [0.25, 0.3) is 0 Å². The van der Waals surface area contributed by atoms with E-state index < -0.39 is 0 Å². The quantitative estimate of drug-likeness (QED) is 0.740. The Labute approximate surface area is 122 Å². The lowest BCUT2D eigenvalue weighted by Gasteiger charge is -2.32. The summed E-state index contributed by atoms with van der Waals surface area (Å²) in [4.78, 5) is 32.6. The maximum Gasteiger partial charge on any atom is 0.294 e. The standard InChI is InChI=1S/C13H20N6O2/c1-9-15-11(17-16-9)13(21)19-6-2-3-10(19)12(20)18-7-4-14-5-8-18/h10,14H,2-8H2,1H3,(H,15,16,17). The van der Waals surface area contributed by atoms with E-state index >= 15 is 0 Å². The largest absolute Gasteiger partial charge is 0.338 e. The summed E-state index contributed by atoms with van der Waals surface area (Å²) in [5.41, 5.74) is 0. The van der Waals surface area contributed by atoms with Gasteiger partial charge in [-0.05, 0) is 19.8 Å². The summed E-state index contributed by atoms with van der Waals surface area (Å²) in [6.45, 7) is 5.37. The average molecular weight is 292 g/mol. The predicted molar refractivity (Wildman–Crippen MR) is 74.6 cm³/mol. The van der Waals surface area contributed by atoms with Crippen molar-refractivity contribution in [3.63, 3.8) is 0 Å². The van der Waals surface area contributed by atoms with Crippen LogP contribution in [0.15, 0.2) is 0 Å². The highest BCUT2D eigenvalue weighted by atomic mass is 16.2. The van der Waals surface area contributed by atoms with Crippen molar-refractivity contribution in [3.05, 3.63) is 11.6 Å². The Kier molecular flexibility index (Phi) is 3.87. The first kappa shape index (κ1) is 14.0. The van der Waals surface area contributed by atoms with E-state index in [0.717, 1.165) is 25.9 Å². The average Bonchev–Trinajstić information content (AvgIpc) is 3.15. The maximum atomic E-state index is 12.6. The van der Waals surface area contributed by atoms with Gasteiger partial charge >= 0.3 is 0 Å². The van der Waals surface area contributed by atoms with Crippen molar-refractivity contribution >= 4 is 11.8 Å². The Morgan fingerprint density at radius 1 is 1.24 bits per heavy atom. The second-order valence-corrected chi connectivity index (χ2v) is 5.48. The molecule has 1 aromatic rings. The monoisotopic (exact) mass is 292 g/mol. The van der Waals surface area contributed by atoms with Crippen LogP contribution in [0.4, 0.5) is 0 Å². The smallest absolute Gasteiger partial charge is 0.294 e. The minimum absolute atomic E-state index is 0.0506. The number of amides is 2. The van der Waals surface area contributed by atoms with Gasteiger partial charge in [0.1, 0.15) is 11.9 Å². The van der Waals surface area contributed by atoms with E-state index in [1.54, 1.807) is 11.8 Å². The summed E-state index contributed by atoms with van der Waals surface area (Å²) < 4.78 is 0. The van der Waals surface area contributed by atoms with Gasteiger partial charge in [-0.1, -0.05) is 0 Å². The molecule has 3 heterocycles. The second-order valence-electron chi connectivity index (χ2n) is 5.48. The first-order valence-corrected chi connectivity index (χ1v) is 7.36. The van der Waals surface area contributed by atoms with Gasteiger partial charge in [-0.3, -0.25) is 14.7 Å². The number of rotatable bonds is 2. The molecule has 2 N–H and O–H groups in total. The number of carbonyl (C=O) groups is 2. The fourth-order valence-corrected chi connectivity index (χ4v) is 2.93. The van der Waals surface area contributed by atoms with Gasteiger partial charge in [0.2, 0.25) is 11.7 Å². The van der Waals surface area contributed by atoms with Crippen molar-refractivity contribution < 1.29 is 9.59 Å². The van der Waals surface area contributed by atoms with Crippen LogP contribution in [0.1, 0.15) is 29.3 Å². The van der Waals surface area contributed by atoms with E-state index in [-0.39, 0.29) is 23.7 Å². The van der Waals surface area contributed by atoms with Gasteiger partial charge in [-0.2, -0.15) is 0 Å². The number of aryl methyl sites for hydroxylation is 1.